The molecule has 0 saturated carbocycles. The summed E-state index contributed by atoms with van der Waals surface area (Å²) in [6, 6.07) is 5.39. The van der Waals surface area contributed by atoms with Gasteiger partial charge in [0.2, 0.25) is 0 Å². The Balaban J connectivity index is 0.000000212. The van der Waals surface area contributed by atoms with Crippen LogP contribution in [0.4, 0.5) is 0 Å². The van der Waals surface area contributed by atoms with E-state index in [2.05, 4.69) is 9.97 Å². The highest BCUT2D eigenvalue weighted by Crippen LogP contribution is 2.32. The van der Waals surface area contributed by atoms with Crippen LogP contribution in [0.5, 0.6) is 11.5 Å². The first-order valence-corrected chi connectivity index (χ1v) is 4.96. The molecule has 0 saturated heterocycles. The summed E-state index contributed by atoms with van der Waals surface area (Å²) in [5, 5.41) is 0.512. The number of hydrogen-bond donors (Lipinski definition) is 1. The van der Waals surface area contributed by atoms with Crippen molar-refractivity contribution >= 4 is 11.6 Å². The molecule has 16 heavy (non-hydrogen) atoms. The quantitative estimate of drug-likeness (QED) is 0.878. The zero-order valence-corrected chi connectivity index (χ0v) is 9.86. The second-order valence-corrected chi connectivity index (χ2v) is 3.12. The summed E-state index contributed by atoms with van der Waals surface area (Å²) in [6.07, 6.45) is 5.08. The molecule has 86 valence electrons. The number of methoxy groups -OCH3 is 2. The molecule has 1 aromatic heterocycles. The number of nitrogens with zero attached hydrogens (tertiary/aromatic N) is 1. The number of aromatic amines is 1. The summed E-state index contributed by atoms with van der Waals surface area (Å²) in [5.41, 5.74) is 0. The molecule has 1 aromatic carbocycles. The number of hydrogen-bond acceptors (Lipinski definition) is 3. The molecular formula is C11H13ClN2O2. The van der Waals surface area contributed by atoms with Crippen LogP contribution in [0.15, 0.2) is 36.9 Å². The lowest BCUT2D eigenvalue weighted by Gasteiger charge is -2.06. The maximum atomic E-state index is 5.86. The van der Waals surface area contributed by atoms with E-state index in [-0.39, 0.29) is 0 Å². The van der Waals surface area contributed by atoms with E-state index in [0.29, 0.717) is 16.5 Å². The molecule has 1 heterocycles. The van der Waals surface area contributed by atoms with Crippen LogP contribution >= 0.6 is 11.6 Å². The van der Waals surface area contributed by atoms with Gasteiger partial charge in [-0.3, -0.25) is 0 Å². The molecule has 4 nitrogen and oxygen atoms in total. The monoisotopic (exact) mass is 240 g/mol. The van der Waals surface area contributed by atoms with E-state index in [1.54, 1.807) is 45.1 Å². The van der Waals surface area contributed by atoms with Gasteiger partial charge in [-0.25, -0.2) is 4.98 Å². The van der Waals surface area contributed by atoms with E-state index in [1.807, 2.05) is 6.07 Å². The molecule has 0 bridgehead atoms. The number of H-pyrrole nitrogens is 1. The minimum absolute atomic E-state index is 0.512. The third-order valence-corrected chi connectivity index (χ3v) is 2.15. The Hall–Kier alpha value is -1.68. The summed E-state index contributed by atoms with van der Waals surface area (Å²) < 4.78 is 9.95. The number of ether oxygens (including phenoxy) is 2. The van der Waals surface area contributed by atoms with Crippen LogP contribution < -0.4 is 9.47 Å². The molecule has 0 amide bonds. The van der Waals surface area contributed by atoms with Gasteiger partial charge in [0.25, 0.3) is 0 Å². The molecule has 0 radical (unpaired) electrons. The number of aromatic nitrogens is 2. The third kappa shape index (κ3) is 3.47. The molecule has 1 N–H and O–H groups in total. The van der Waals surface area contributed by atoms with Crippen molar-refractivity contribution in [1.82, 2.24) is 9.97 Å². The Morgan fingerprint density at radius 2 is 1.81 bits per heavy atom. The van der Waals surface area contributed by atoms with Crippen LogP contribution in [0.25, 0.3) is 0 Å². The number of rotatable bonds is 2. The number of halogens is 1. The number of benzene rings is 1. The lowest BCUT2D eigenvalue weighted by Crippen LogP contribution is -1.87. The van der Waals surface area contributed by atoms with Gasteiger partial charge in [-0.1, -0.05) is 17.7 Å². The van der Waals surface area contributed by atoms with Crippen molar-refractivity contribution < 1.29 is 9.47 Å². The third-order valence-electron chi connectivity index (χ3n) is 1.77. The van der Waals surface area contributed by atoms with E-state index in [9.17, 15) is 0 Å². The van der Waals surface area contributed by atoms with E-state index in [0.717, 1.165) is 0 Å². The van der Waals surface area contributed by atoms with Gasteiger partial charge in [-0.15, -0.1) is 0 Å². The zero-order valence-electron chi connectivity index (χ0n) is 9.11. The van der Waals surface area contributed by atoms with Gasteiger partial charge in [0, 0.05) is 12.4 Å². The number of imidazole rings is 1. The van der Waals surface area contributed by atoms with Crippen LogP contribution in [0.1, 0.15) is 0 Å². The maximum absolute atomic E-state index is 5.86. The Morgan fingerprint density at radius 1 is 1.19 bits per heavy atom. The Bertz CT molecular complexity index is 365. The van der Waals surface area contributed by atoms with Crippen molar-refractivity contribution in [3.8, 4) is 11.5 Å². The molecule has 0 unspecified atom stereocenters. The number of nitrogens with one attached hydrogen (secondary N) is 1. The van der Waals surface area contributed by atoms with Gasteiger partial charge in [0.1, 0.15) is 16.5 Å². The van der Waals surface area contributed by atoms with E-state index >= 15 is 0 Å². The first kappa shape index (κ1) is 12.4. The molecule has 2 rings (SSSR count). The van der Waals surface area contributed by atoms with Crippen LogP contribution in [-0.2, 0) is 0 Å². The largest absolute Gasteiger partial charge is 0.495 e. The normalized spacial score (nSPS) is 8.94. The maximum Gasteiger partial charge on any atom is 0.141 e. The molecule has 0 aliphatic rings. The van der Waals surface area contributed by atoms with Crippen LogP contribution in [0.2, 0.25) is 5.02 Å². The van der Waals surface area contributed by atoms with Crippen LogP contribution in [0.3, 0.4) is 0 Å². The van der Waals surface area contributed by atoms with Gasteiger partial charge in [0.05, 0.1) is 20.5 Å². The molecule has 2 aromatic rings. The van der Waals surface area contributed by atoms with Gasteiger partial charge in [-0.05, 0) is 12.1 Å². The van der Waals surface area contributed by atoms with Crippen LogP contribution in [-0.4, -0.2) is 24.2 Å². The minimum Gasteiger partial charge on any atom is -0.495 e. The molecule has 0 aliphatic carbocycles. The molecule has 5 heteroatoms. The van der Waals surface area contributed by atoms with Crippen molar-refractivity contribution in [2.45, 2.75) is 0 Å². The van der Waals surface area contributed by atoms with Crippen LogP contribution in [0, 0.1) is 0 Å². The van der Waals surface area contributed by atoms with E-state index in [4.69, 9.17) is 21.1 Å². The first-order chi connectivity index (χ1) is 7.79. The van der Waals surface area contributed by atoms with Crippen molar-refractivity contribution in [1.29, 1.82) is 0 Å². The topological polar surface area (TPSA) is 47.1 Å². The Morgan fingerprint density at radius 3 is 2.12 bits per heavy atom. The highest BCUT2D eigenvalue weighted by molar-refractivity contribution is 6.33. The smallest absolute Gasteiger partial charge is 0.141 e. The molecule has 0 aliphatic heterocycles. The predicted octanol–water partition coefficient (Wildman–Crippen LogP) is 2.77. The lowest BCUT2D eigenvalue weighted by molar-refractivity contribution is 0.395. The SMILES string of the molecule is COc1cccc(OC)c1Cl.c1c[nH]cn1. The predicted molar refractivity (Wildman–Crippen MR) is 63.1 cm³/mol. The van der Waals surface area contributed by atoms with E-state index in [1.165, 1.54) is 0 Å². The second kappa shape index (κ2) is 6.74. The average Bonchev–Trinajstić information content (AvgIpc) is 2.88. The zero-order chi connectivity index (χ0) is 11.8. The van der Waals surface area contributed by atoms with Gasteiger partial charge >= 0.3 is 0 Å². The first-order valence-electron chi connectivity index (χ1n) is 4.58. The molecular weight excluding hydrogens is 228 g/mol. The van der Waals surface area contributed by atoms with E-state index < -0.39 is 0 Å². The summed E-state index contributed by atoms with van der Waals surface area (Å²) in [6.45, 7) is 0. The fourth-order valence-corrected chi connectivity index (χ4v) is 1.30. The molecule has 0 fully saturated rings. The van der Waals surface area contributed by atoms with Crippen molar-refractivity contribution in [3.05, 3.63) is 41.9 Å². The average molecular weight is 241 g/mol. The fraction of sp³-hybridized carbons (Fsp3) is 0.182. The molecule has 0 atom stereocenters. The summed E-state index contributed by atoms with van der Waals surface area (Å²) in [5.74, 6) is 1.26. The van der Waals surface area contributed by atoms with Crippen molar-refractivity contribution in [2.24, 2.45) is 0 Å². The second-order valence-electron chi connectivity index (χ2n) is 2.74. The fourth-order valence-electron chi connectivity index (χ4n) is 1.02. The summed E-state index contributed by atoms with van der Waals surface area (Å²) in [7, 11) is 3.14. The van der Waals surface area contributed by atoms with Gasteiger partial charge in [-0.2, -0.15) is 0 Å². The summed E-state index contributed by atoms with van der Waals surface area (Å²) >= 11 is 5.86. The summed E-state index contributed by atoms with van der Waals surface area (Å²) in [4.78, 5) is 6.42. The lowest BCUT2D eigenvalue weighted by atomic mass is 10.3. The minimum atomic E-state index is 0.512. The standard InChI is InChI=1S/C8H9ClO2.C3H4N2/c1-10-6-4-3-5-7(11-2)8(6)9;1-2-5-3-4-1/h3-5H,1-2H3;1-3H,(H,4,5). The van der Waals surface area contributed by atoms with Gasteiger partial charge in [0.15, 0.2) is 0 Å². The Kier molecular flexibility index (Phi) is 5.22. The highest BCUT2D eigenvalue weighted by Gasteiger charge is 2.04. The highest BCUT2D eigenvalue weighted by atomic mass is 35.5. The Labute approximate surface area is 99.2 Å². The van der Waals surface area contributed by atoms with Crippen molar-refractivity contribution in [2.75, 3.05) is 14.2 Å². The van der Waals surface area contributed by atoms with Gasteiger partial charge < -0.3 is 14.5 Å². The molecule has 0 spiro atoms. The van der Waals surface area contributed by atoms with Crippen molar-refractivity contribution in [3.63, 3.8) is 0 Å².